The Labute approximate surface area is 144 Å². The second-order valence-electron chi connectivity index (χ2n) is 5.37. The predicted octanol–water partition coefficient (Wildman–Crippen LogP) is 1.13. The van der Waals surface area contributed by atoms with Crippen molar-refractivity contribution in [3.05, 3.63) is 32.3 Å². The topological polar surface area (TPSA) is 73.5 Å². The molecule has 0 radical (unpaired) electrons. The third kappa shape index (κ3) is 3.59. The molecular formula is C16H23N3O4S. The SMILES string of the molecule is CCN(CC)C(=O)Cn1c(=O)n(CCCOC)c(=O)c2sccc21. The summed E-state index contributed by atoms with van der Waals surface area (Å²) in [5.74, 6) is -0.128. The van der Waals surface area contributed by atoms with E-state index in [4.69, 9.17) is 4.74 Å². The van der Waals surface area contributed by atoms with Gasteiger partial charge in [-0.1, -0.05) is 0 Å². The normalized spacial score (nSPS) is 11.1. The number of methoxy groups -OCH3 is 1. The molecule has 0 bridgehead atoms. The first-order chi connectivity index (χ1) is 11.5. The number of nitrogens with zero attached hydrogens (tertiary/aromatic N) is 3. The number of ether oxygens (including phenoxy) is 1. The van der Waals surface area contributed by atoms with E-state index in [1.54, 1.807) is 23.5 Å². The Morgan fingerprint density at radius 3 is 2.58 bits per heavy atom. The summed E-state index contributed by atoms with van der Waals surface area (Å²) in [5, 5.41) is 1.77. The van der Waals surface area contributed by atoms with E-state index >= 15 is 0 Å². The number of carbonyl (C=O) groups is 1. The summed E-state index contributed by atoms with van der Waals surface area (Å²) < 4.78 is 8.09. The van der Waals surface area contributed by atoms with Crippen molar-refractivity contribution in [3.63, 3.8) is 0 Å². The van der Waals surface area contributed by atoms with Gasteiger partial charge in [-0.15, -0.1) is 11.3 Å². The van der Waals surface area contributed by atoms with Gasteiger partial charge in [0.1, 0.15) is 11.2 Å². The lowest BCUT2D eigenvalue weighted by Crippen LogP contribution is -2.43. The second kappa shape index (κ2) is 8.25. The van der Waals surface area contributed by atoms with Crippen LogP contribution in [-0.2, 0) is 22.6 Å². The van der Waals surface area contributed by atoms with Gasteiger partial charge >= 0.3 is 5.69 Å². The lowest BCUT2D eigenvalue weighted by atomic mass is 10.3. The Morgan fingerprint density at radius 2 is 1.96 bits per heavy atom. The zero-order valence-electron chi connectivity index (χ0n) is 14.3. The molecular weight excluding hydrogens is 330 g/mol. The van der Waals surface area contributed by atoms with Crippen LogP contribution in [0.15, 0.2) is 21.0 Å². The number of amides is 1. The molecule has 132 valence electrons. The molecule has 0 unspecified atom stereocenters. The summed E-state index contributed by atoms with van der Waals surface area (Å²) in [5.41, 5.74) is -0.214. The van der Waals surface area contributed by atoms with Crippen LogP contribution >= 0.6 is 11.3 Å². The Bertz CT molecular complexity index is 817. The summed E-state index contributed by atoms with van der Waals surface area (Å²) in [6, 6.07) is 1.72. The van der Waals surface area contributed by atoms with Crippen molar-refractivity contribution in [2.75, 3.05) is 26.8 Å². The molecule has 24 heavy (non-hydrogen) atoms. The van der Waals surface area contributed by atoms with E-state index in [1.165, 1.54) is 20.5 Å². The van der Waals surface area contributed by atoms with Gasteiger partial charge in [0.15, 0.2) is 0 Å². The van der Waals surface area contributed by atoms with E-state index in [1.807, 2.05) is 13.8 Å². The summed E-state index contributed by atoms with van der Waals surface area (Å²) in [7, 11) is 1.58. The number of fused-ring (bicyclic) bond motifs is 1. The van der Waals surface area contributed by atoms with Gasteiger partial charge in [0.2, 0.25) is 5.91 Å². The number of hydrogen-bond donors (Lipinski definition) is 0. The zero-order chi connectivity index (χ0) is 17.7. The summed E-state index contributed by atoms with van der Waals surface area (Å²) in [6.45, 7) is 5.66. The van der Waals surface area contributed by atoms with Gasteiger partial charge in [-0.3, -0.25) is 18.7 Å². The molecule has 0 aliphatic carbocycles. The molecule has 8 heteroatoms. The highest BCUT2D eigenvalue weighted by molar-refractivity contribution is 7.17. The van der Waals surface area contributed by atoms with Crippen LogP contribution in [0, 0.1) is 0 Å². The molecule has 2 heterocycles. The van der Waals surface area contributed by atoms with Crippen LogP contribution in [-0.4, -0.2) is 46.7 Å². The zero-order valence-corrected chi connectivity index (χ0v) is 15.1. The molecule has 0 aliphatic heterocycles. The highest BCUT2D eigenvalue weighted by Crippen LogP contribution is 2.15. The van der Waals surface area contributed by atoms with Gasteiger partial charge in [-0.2, -0.15) is 0 Å². The maximum Gasteiger partial charge on any atom is 0.332 e. The molecule has 0 N–H and O–H groups in total. The molecule has 0 aromatic carbocycles. The van der Waals surface area contributed by atoms with E-state index in [0.29, 0.717) is 36.3 Å². The molecule has 0 saturated heterocycles. The Balaban J connectivity index is 2.48. The quantitative estimate of drug-likeness (QED) is 0.667. The van der Waals surface area contributed by atoms with Crippen molar-refractivity contribution < 1.29 is 9.53 Å². The van der Waals surface area contributed by atoms with Crippen LogP contribution in [0.3, 0.4) is 0 Å². The molecule has 2 rings (SSSR count). The third-order valence-corrected chi connectivity index (χ3v) is 4.87. The first-order valence-electron chi connectivity index (χ1n) is 8.02. The van der Waals surface area contributed by atoms with Crippen molar-refractivity contribution in [1.82, 2.24) is 14.0 Å². The number of hydrogen-bond acceptors (Lipinski definition) is 5. The van der Waals surface area contributed by atoms with Gasteiger partial charge in [0.25, 0.3) is 5.56 Å². The first-order valence-corrected chi connectivity index (χ1v) is 8.90. The van der Waals surface area contributed by atoms with E-state index in [-0.39, 0.29) is 24.6 Å². The molecule has 0 aliphatic rings. The molecule has 2 aromatic heterocycles. The number of aromatic nitrogens is 2. The lowest BCUT2D eigenvalue weighted by Gasteiger charge is -2.20. The van der Waals surface area contributed by atoms with E-state index < -0.39 is 5.69 Å². The Morgan fingerprint density at radius 1 is 1.25 bits per heavy atom. The van der Waals surface area contributed by atoms with Crippen LogP contribution in [0.4, 0.5) is 0 Å². The molecule has 2 aromatic rings. The summed E-state index contributed by atoms with van der Waals surface area (Å²) in [4.78, 5) is 39.3. The highest BCUT2D eigenvalue weighted by Gasteiger charge is 2.18. The summed E-state index contributed by atoms with van der Waals surface area (Å²) >= 11 is 1.29. The standard InChI is InChI=1S/C16H23N3O4S/c1-4-17(5-2)13(20)11-19-12-7-10-24-14(12)15(21)18(16(19)22)8-6-9-23-3/h7,10H,4-6,8-9,11H2,1-3H3. The van der Waals surface area contributed by atoms with Crippen LogP contribution in [0.5, 0.6) is 0 Å². The van der Waals surface area contributed by atoms with Crippen LogP contribution in [0.1, 0.15) is 20.3 Å². The minimum atomic E-state index is -0.442. The number of rotatable bonds is 8. The molecule has 0 fully saturated rings. The van der Waals surface area contributed by atoms with Gasteiger partial charge in [0.05, 0.1) is 5.52 Å². The lowest BCUT2D eigenvalue weighted by molar-refractivity contribution is -0.131. The monoisotopic (exact) mass is 353 g/mol. The third-order valence-electron chi connectivity index (χ3n) is 3.98. The second-order valence-corrected chi connectivity index (χ2v) is 6.29. The average Bonchev–Trinajstić information content (AvgIpc) is 3.05. The van der Waals surface area contributed by atoms with Crippen LogP contribution in [0.25, 0.3) is 10.2 Å². The van der Waals surface area contributed by atoms with Gasteiger partial charge < -0.3 is 9.64 Å². The minimum absolute atomic E-state index is 0.0572. The number of likely N-dealkylation sites (N-methyl/N-ethyl adjacent to an activating group) is 1. The van der Waals surface area contributed by atoms with Crippen molar-refractivity contribution in [3.8, 4) is 0 Å². The molecule has 1 amide bonds. The van der Waals surface area contributed by atoms with Crippen LogP contribution in [0.2, 0.25) is 0 Å². The molecule has 0 atom stereocenters. The largest absolute Gasteiger partial charge is 0.385 e. The van der Waals surface area contributed by atoms with Gasteiger partial charge in [0, 0.05) is 33.4 Å². The maximum atomic E-state index is 12.7. The predicted molar refractivity (Wildman–Crippen MR) is 94.8 cm³/mol. The average molecular weight is 353 g/mol. The first kappa shape index (κ1) is 18.4. The highest BCUT2D eigenvalue weighted by atomic mass is 32.1. The summed E-state index contributed by atoms with van der Waals surface area (Å²) in [6.07, 6.45) is 0.562. The fourth-order valence-corrected chi connectivity index (χ4v) is 3.50. The fraction of sp³-hybridized carbons (Fsp3) is 0.562. The maximum absolute atomic E-state index is 12.7. The van der Waals surface area contributed by atoms with E-state index in [0.717, 1.165) is 0 Å². The minimum Gasteiger partial charge on any atom is -0.385 e. The molecule has 0 spiro atoms. The van der Waals surface area contributed by atoms with Crippen molar-refractivity contribution in [1.29, 1.82) is 0 Å². The molecule has 7 nitrogen and oxygen atoms in total. The van der Waals surface area contributed by atoms with Crippen LogP contribution < -0.4 is 11.2 Å². The van der Waals surface area contributed by atoms with E-state index in [9.17, 15) is 14.4 Å². The number of thiophene rings is 1. The smallest absolute Gasteiger partial charge is 0.332 e. The fourth-order valence-electron chi connectivity index (χ4n) is 2.66. The Kier molecular flexibility index (Phi) is 6.33. The van der Waals surface area contributed by atoms with Gasteiger partial charge in [-0.05, 0) is 31.7 Å². The number of carbonyl (C=O) groups excluding carboxylic acids is 1. The van der Waals surface area contributed by atoms with Crippen molar-refractivity contribution in [2.24, 2.45) is 0 Å². The Hall–Kier alpha value is -1.93. The molecule has 0 saturated carbocycles. The van der Waals surface area contributed by atoms with Crippen molar-refractivity contribution in [2.45, 2.75) is 33.4 Å². The van der Waals surface area contributed by atoms with Crippen molar-refractivity contribution >= 4 is 27.5 Å². The van der Waals surface area contributed by atoms with E-state index in [2.05, 4.69) is 0 Å². The van der Waals surface area contributed by atoms with Gasteiger partial charge in [-0.25, -0.2) is 4.79 Å².